The molecule has 0 spiro atoms. The van der Waals surface area contributed by atoms with Gasteiger partial charge in [0.15, 0.2) is 6.20 Å². The van der Waals surface area contributed by atoms with Gasteiger partial charge in [-0.05, 0) is 65.9 Å². The number of rotatable bonds is 2. The maximum Gasteiger partial charge on any atom is 0.394 e. The minimum Gasteiger partial charge on any atom is -0.455 e. The van der Waals surface area contributed by atoms with Gasteiger partial charge in [0, 0.05) is 17.0 Å². The maximum absolute atomic E-state index is 13.8. The molecule has 2 heterocycles. The Bertz CT molecular complexity index is 1780. The van der Waals surface area contributed by atoms with Gasteiger partial charge in [0.05, 0.1) is 16.4 Å². The Morgan fingerprint density at radius 1 is 0.811 bits per heavy atom. The minimum atomic E-state index is -4.30. The summed E-state index contributed by atoms with van der Waals surface area (Å²) in [6, 6.07) is 16.1. The van der Waals surface area contributed by atoms with Crippen molar-refractivity contribution in [2.45, 2.75) is 47.2 Å². The first-order valence-corrected chi connectivity index (χ1v) is 12.5. The van der Waals surface area contributed by atoms with Crippen LogP contribution in [0.3, 0.4) is 0 Å². The van der Waals surface area contributed by atoms with E-state index in [9.17, 15) is 13.2 Å². The second-order valence-corrected chi connectivity index (χ2v) is 11.1. The molecule has 2 nitrogen and oxygen atoms in total. The van der Waals surface area contributed by atoms with Gasteiger partial charge in [-0.1, -0.05) is 55.8 Å². The highest BCUT2D eigenvalue weighted by molar-refractivity contribution is 6.16. The molecular formula is C32H29F3NO+. The third kappa shape index (κ3) is 3.36. The van der Waals surface area contributed by atoms with Crippen LogP contribution in [0.2, 0.25) is 0 Å². The van der Waals surface area contributed by atoms with Crippen molar-refractivity contribution in [3.63, 3.8) is 0 Å². The minimum absolute atomic E-state index is 0.106. The number of pyridine rings is 1. The summed E-state index contributed by atoms with van der Waals surface area (Å²) >= 11 is 0. The lowest BCUT2D eigenvalue weighted by molar-refractivity contribution is -0.659. The van der Waals surface area contributed by atoms with E-state index in [1.54, 1.807) is 6.07 Å². The Morgan fingerprint density at radius 3 is 2.30 bits per heavy atom. The monoisotopic (exact) mass is 500 g/mol. The Morgan fingerprint density at radius 2 is 1.57 bits per heavy atom. The van der Waals surface area contributed by atoms with E-state index >= 15 is 0 Å². The van der Waals surface area contributed by atoms with E-state index in [0.29, 0.717) is 11.3 Å². The molecule has 37 heavy (non-hydrogen) atoms. The molecule has 0 fully saturated rings. The number of nitrogens with zero attached hydrogens (tertiary/aromatic N) is 1. The molecule has 188 valence electrons. The zero-order valence-corrected chi connectivity index (χ0v) is 21.9. The van der Waals surface area contributed by atoms with E-state index in [-0.39, 0.29) is 6.42 Å². The zero-order chi connectivity index (χ0) is 26.4. The molecule has 1 aromatic heterocycles. The van der Waals surface area contributed by atoms with E-state index in [2.05, 4.69) is 43.5 Å². The van der Waals surface area contributed by atoms with Gasteiger partial charge in [0.25, 0.3) is 0 Å². The third-order valence-electron chi connectivity index (χ3n) is 8.11. The van der Waals surface area contributed by atoms with E-state index in [0.717, 1.165) is 55.1 Å². The molecule has 0 N–H and O–H groups in total. The Hall–Kier alpha value is -3.60. The quantitative estimate of drug-likeness (QED) is 0.171. The SMILES string of the molecule is Cc1ccc2c(C)c3c(c(C)c2c1)-c1c2c(cc4c(CC(C)(C)C(F)(F)F)cccc4c2cc[n+]1C)O3. The topological polar surface area (TPSA) is 13.1 Å². The lowest BCUT2D eigenvalue weighted by atomic mass is 9.82. The summed E-state index contributed by atoms with van der Waals surface area (Å²) in [6.07, 6.45) is -2.37. The average Bonchev–Trinajstić information content (AvgIpc) is 2.83. The molecule has 0 saturated carbocycles. The number of aromatic nitrogens is 1. The second-order valence-electron chi connectivity index (χ2n) is 11.1. The first-order chi connectivity index (χ1) is 17.4. The predicted molar refractivity (Wildman–Crippen MR) is 143 cm³/mol. The second kappa shape index (κ2) is 7.70. The van der Waals surface area contributed by atoms with Crippen LogP contribution < -0.4 is 9.30 Å². The van der Waals surface area contributed by atoms with Crippen LogP contribution >= 0.6 is 0 Å². The van der Waals surface area contributed by atoms with Crippen molar-refractivity contribution in [3.8, 4) is 22.8 Å². The molecule has 4 aromatic carbocycles. The highest BCUT2D eigenvalue weighted by Crippen LogP contribution is 2.52. The van der Waals surface area contributed by atoms with E-state index < -0.39 is 11.6 Å². The molecule has 0 radical (unpaired) electrons. The molecule has 5 aromatic rings. The normalized spacial score (nSPS) is 13.3. The van der Waals surface area contributed by atoms with Gasteiger partial charge in [-0.3, -0.25) is 0 Å². The van der Waals surface area contributed by atoms with Gasteiger partial charge in [-0.2, -0.15) is 13.2 Å². The number of hydrogen-bond donors (Lipinski definition) is 0. The lowest BCUT2D eigenvalue weighted by Gasteiger charge is -2.29. The number of halogens is 3. The predicted octanol–water partition coefficient (Wildman–Crippen LogP) is 8.80. The Kier molecular flexibility index (Phi) is 4.95. The Labute approximate surface area is 214 Å². The van der Waals surface area contributed by atoms with Gasteiger partial charge in [0.2, 0.25) is 5.69 Å². The summed E-state index contributed by atoms with van der Waals surface area (Å²) in [7, 11) is 2.04. The van der Waals surface area contributed by atoms with Crippen molar-refractivity contribution in [1.82, 2.24) is 0 Å². The standard InChI is InChI=1S/C32H29F3NO/c1-17-10-11-21-19(3)30-27(18(2)24(21)14-17)29-28-23(12-13-36(29)6)22-9-7-8-20(25(22)15-26(28)37-30)16-31(4,5)32(33,34)35/h7-15H,16H2,1-6H3/q+1. The van der Waals surface area contributed by atoms with Crippen LogP contribution in [-0.4, -0.2) is 6.18 Å². The van der Waals surface area contributed by atoms with Crippen LogP contribution in [-0.2, 0) is 13.5 Å². The third-order valence-corrected chi connectivity index (χ3v) is 8.11. The fourth-order valence-corrected chi connectivity index (χ4v) is 5.89. The van der Waals surface area contributed by atoms with Crippen molar-refractivity contribution in [2.24, 2.45) is 12.5 Å². The van der Waals surface area contributed by atoms with Gasteiger partial charge >= 0.3 is 6.18 Å². The molecule has 0 bridgehead atoms. The number of benzene rings is 4. The highest BCUT2D eigenvalue weighted by atomic mass is 19.4. The van der Waals surface area contributed by atoms with Crippen molar-refractivity contribution < 1.29 is 22.5 Å². The van der Waals surface area contributed by atoms with Crippen LogP contribution in [0.5, 0.6) is 11.5 Å². The summed E-state index contributed by atoms with van der Waals surface area (Å²) in [4.78, 5) is 0. The molecule has 0 saturated heterocycles. The van der Waals surface area contributed by atoms with Gasteiger partial charge in [-0.25, -0.2) is 4.57 Å². The van der Waals surface area contributed by atoms with Gasteiger partial charge < -0.3 is 4.74 Å². The van der Waals surface area contributed by atoms with Crippen molar-refractivity contribution in [2.75, 3.05) is 0 Å². The van der Waals surface area contributed by atoms with Crippen molar-refractivity contribution >= 4 is 32.3 Å². The molecule has 0 atom stereocenters. The van der Waals surface area contributed by atoms with E-state index in [4.69, 9.17) is 4.74 Å². The molecule has 5 heteroatoms. The first-order valence-electron chi connectivity index (χ1n) is 12.5. The summed E-state index contributed by atoms with van der Waals surface area (Å²) in [5, 5.41) is 6.07. The number of ether oxygens (including phenoxy) is 1. The summed E-state index contributed by atoms with van der Waals surface area (Å²) in [5.74, 6) is 1.50. The van der Waals surface area contributed by atoms with Crippen LogP contribution in [0.1, 0.15) is 36.1 Å². The summed E-state index contributed by atoms with van der Waals surface area (Å²) in [5.41, 5.74) is 4.39. The molecular weight excluding hydrogens is 471 g/mol. The maximum atomic E-state index is 13.8. The van der Waals surface area contributed by atoms with Crippen LogP contribution in [0.4, 0.5) is 13.2 Å². The van der Waals surface area contributed by atoms with Crippen molar-refractivity contribution in [3.05, 3.63) is 77.0 Å². The molecule has 6 rings (SSSR count). The number of fused-ring (bicyclic) bond motifs is 5. The molecule has 0 unspecified atom stereocenters. The van der Waals surface area contributed by atoms with Crippen LogP contribution in [0.25, 0.3) is 43.6 Å². The zero-order valence-electron chi connectivity index (χ0n) is 21.9. The van der Waals surface area contributed by atoms with E-state index in [1.807, 2.05) is 37.5 Å². The first kappa shape index (κ1) is 23.8. The number of alkyl halides is 3. The van der Waals surface area contributed by atoms with Gasteiger partial charge in [0.1, 0.15) is 18.5 Å². The molecule has 1 aliphatic heterocycles. The van der Waals surface area contributed by atoms with Crippen LogP contribution in [0.15, 0.2) is 54.7 Å². The van der Waals surface area contributed by atoms with Crippen molar-refractivity contribution in [1.29, 1.82) is 0 Å². The lowest BCUT2D eigenvalue weighted by Crippen LogP contribution is -2.34. The fourth-order valence-electron chi connectivity index (χ4n) is 5.89. The average molecular weight is 501 g/mol. The largest absolute Gasteiger partial charge is 0.455 e. The fraction of sp³-hybridized carbons (Fsp3) is 0.281. The molecule has 0 amide bonds. The summed E-state index contributed by atoms with van der Waals surface area (Å²) < 4.78 is 50.2. The smallest absolute Gasteiger partial charge is 0.394 e. The number of aryl methyl sites for hydroxylation is 4. The molecule has 0 aliphatic carbocycles. The van der Waals surface area contributed by atoms with Crippen LogP contribution in [0, 0.1) is 26.2 Å². The Balaban J connectivity index is 1.70. The molecule has 1 aliphatic rings. The van der Waals surface area contributed by atoms with Gasteiger partial charge in [-0.15, -0.1) is 0 Å². The summed E-state index contributed by atoms with van der Waals surface area (Å²) in [6.45, 7) is 8.86. The number of hydrogen-bond acceptors (Lipinski definition) is 1. The highest BCUT2D eigenvalue weighted by Gasteiger charge is 2.47. The van der Waals surface area contributed by atoms with E-state index in [1.165, 1.54) is 24.8 Å².